The maximum Gasteiger partial charge on any atom is 0.129 e. The summed E-state index contributed by atoms with van der Waals surface area (Å²) in [7, 11) is 0. The van der Waals surface area contributed by atoms with Crippen molar-refractivity contribution < 1.29 is 4.39 Å². The third kappa shape index (κ3) is 3.56. The van der Waals surface area contributed by atoms with Crippen LogP contribution in [-0.2, 0) is 0 Å². The second-order valence-corrected chi connectivity index (χ2v) is 6.22. The first kappa shape index (κ1) is 14.9. The maximum absolute atomic E-state index is 14.1. The summed E-state index contributed by atoms with van der Waals surface area (Å²) in [6.45, 7) is 4.76. The van der Waals surface area contributed by atoms with Gasteiger partial charge in [-0.05, 0) is 44.0 Å². The van der Waals surface area contributed by atoms with Gasteiger partial charge in [0.15, 0.2) is 0 Å². The number of nitrogens with zero attached hydrogens (tertiary/aromatic N) is 1. The molecule has 0 amide bonds. The maximum atomic E-state index is 14.1. The largest absolute Gasteiger partial charge is 0.329 e. The average molecular weight is 329 g/mol. The fourth-order valence-electron chi connectivity index (χ4n) is 2.92. The van der Waals surface area contributed by atoms with E-state index in [1.54, 1.807) is 0 Å². The van der Waals surface area contributed by atoms with E-state index in [9.17, 15) is 4.39 Å². The Morgan fingerprint density at radius 3 is 2.63 bits per heavy atom. The van der Waals surface area contributed by atoms with Crippen LogP contribution in [0.1, 0.15) is 37.8 Å². The van der Waals surface area contributed by atoms with Gasteiger partial charge in [-0.15, -0.1) is 0 Å². The summed E-state index contributed by atoms with van der Waals surface area (Å²) in [5.41, 5.74) is 6.61. The molecule has 1 aliphatic rings. The molecule has 1 aromatic carbocycles. The van der Waals surface area contributed by atoms with Crippen LogP contribution in [0.5, 0.6) is 0 Å². The standard InChI is InChI=1S/C15H22BrFN2/c1-2-11-5-7-19(8-6-11)15(10-18)13-4-3-12(16)9-14(13)17/h3-4,9,11,15H,2,5-8,10,18H2,1H3. The Kier molecular flexibility index (Phi) is 5.37. The van der Waals surface area contributed by atoms with Gasteiger partial charge in [0.25, 0.3) is 0 Å². The molecule has 1 fully saturated rings. The van der Waals surface area contributed by atoms with Crippen LogP contribution in [0.3, 0.4) is 0 Å². The lowest BCUT2D eigenvalue weighted by atomic mass is 9.92. The van der Waals surface area contributed by atoms with Gasteiger partial charge in [-0.25, -0.2) is 4.39 Å². The van der Waals surface area contributed by atoms with Crippen molar-refractivity contribution in [1.82, 2.24) is 4.90 Å². The number of piperidine rings is 1. The Hall–Kier alpha value is -0.450. The third-order valence-electron chi connectivity index (χ3n) is 4.21. The molecule has 4 heteroatoms. The van der Waals surface area contributed by atoms with Crippen molar-refractivity contribution in [3.05, 3.63) is 34.1 Å². The molecular formula is C15H22BrFN2. The Balaban J connectivity index is 2.12. The highest BCUT2D eigenvalue weighted by atomic mass is 79.9. The van der Waals surface area contributed by atoms with Crippen LogP contribution < -0.4 is 5.73 Å². The first-order valence-electron chi connectivity index (χ1n) is 7.04. The van der Waals surface area contributed by atoms with E-state index in [2.05, 4.69) is 27.8 Å². The summed E-state index contributed by atoms with van der Waals surface area (Å²) >= 11 is 3.30. The summed E-state index contributed by atoms with van der Waals surface area (Å²) in [6.07, 6.45) is 3.64. The highest BCUT2D eigenvalue weighted by Gasteiger charge is 2.26. The lowest BCUT2D eigenvalue weighted by Gasteiger charge is -2.37. The molecule has 1 aliphatic heterocycles. The molecule has 0 aromatic heterocycles. The van der Waals surface area contributed by atoms with Crippen molar-refractivity contribution in [1.29, 1.82) is 0 Å². The van der Waals surface area contributed by atoms with E-state index in [4.69, 9.17) is 5.73 Å². The first-order valence-corrected chi connectivity index (χ1v) is 7.84. The summed E-state index contributed by atoms with van der Waals surface area (Å²) in [4.78, 5) is 2.33. The highest BCUT2D eigenvalue weighted by Crippen LogP contribution is 2.29. The van der Waals surface area contributed by atoms with Crippen LogP contribution in [-0.4, -0.2) is 24.5 Å². The number of likely N-dealkylation sites (tertiary alicyclic amines) is 1. The Morgan fingerprint density at radius 2 is 2.11 bits per heavy atom. The molecule has 0 bridgehead atoms. The molecule has 2 nitrogen and oxygen atoms in total. The molecule has 0 spiro atoms. The van der Waals surface area contributed by atoms with Crippen molar-refractivity contribution in [3.63, 3.8) is 0 Å². The van der Waals surface area contributed by atoms with Crippen molar-refractivity contribution in [2.45, 2.75) is 32.2 Å². The minimum atomic E-state index is -0.164. The molecule has 0 radical (unpaired) electrons. The normalized spacial score (nSPS) is 19.6. The van der Waals surface area contributed by atoms with Gasteiger partial charge in [0.05, 0.1) is 0 Å². The fourth-order valence-corrected chi connectivity index (χ4v) is 3.25. The summed E-state index contributed by atoms with van der Waals surface area (Å²) in [6, 6.07) is 5.27. The van der Waals surface area contributed by atoms with Crippen molar-refractivity contribution >= 4 is 15.9 Å². The van der Waals surface area contributed by atoms with Gasteiger partial charge in [0.1, 0.15) is 5.82 Å². The summed E-state index contributed by atoms with van der Waals surface area (Å²) < 4.78 is 14.8. The number of hydrogen-bond acceptors (Lipinski definition) is 2. The SMILES string of the molecule is CCC1CCN(C(CN)c2ccc(Br)cc2F)CC1. The molecule has 2 rings (SSSR count). The van der Waals surface area contributed by atoms with Gasteiger partial charge in [-0.1, -0.05) is 35.3 Å². The Labute approximate surface area is 123 Å². The van der Waals surface area contributed by atoms with Gasteiger partial charge in [-0.3, -0.25) is 4.90 Å². The van der Waals surface area contributed by atoms with E-state index in [0.29, 0.717) is 6.54 Å². The second-order valence-electron chi connectivity index (χ2n) is 5.30. The van der Waals surface area contributed by atoms with Crippen LogP contribution in [0.2, 0.25) is 0 Å². The number of halogens is 2. The minimum Gasteiger partial charge on any atom is -0.329 e. The van der Waals surface area contributed by atoms with Crippen LogP contribution in [0, 0.1) is 11.7 Å². The van der Waals surface area contributed by atoms with Gasteiger partial charge in [-0.2, -0.15) is 0 Å². The Morgan fingerprint density at radius 1 is 1.42 bits per heavy atom. The monoisotopic (exact) mass is 328 g/mol. The number of nitrogens with two attached hydrogens (primary N) is 1. The molecule has 0 saturated carbocycles. The third-order valence-corrected chi connectivity index (χ3v) is 4.71. The van der Waals surface area contributed by atoms with E-state index in [-0.39, 0.29) is 11.9 Å². The molecule has 106 valence electrons. The Bertz CT molecular complexity index is 417. The van der Waals surface area contributed by atoms with Gasteiger partial charge >= 0.3 is 0 Å². The molecule has 1 aromatic rings. The first-order chi connectivity index (χ1) is 9.15. The molecule has 1 heterocycles. The van der Waals surface area contributed by atoms with Crippen LogP contribution >= 0.6 is 15.9 Å². The molecule has 1 unspecified atom stereocenters. The van der Waals surface area contributed by atoms with Crippen LogP contribution in [0.4, 0.5) is 4.39 Å². The predicted molar refractivity (Wildman–Crippen MR) is 80.5 cm³/mol. The molecule has 0 aliphatic carbocycles. The minimum absolute atomic E-state index is 0.00547. The lowest BCUT2D eigenvalue weighted by molar-refractivity contribution is 0.132. The number of benzene rings is 1. The van der Waals surface area contributed by atoms with Gasteiger partial charge in [0.2, 0.25) is 0 Å². The van der Waals surface area contributed by atoms with Gasteiger partial charge < -0.3 is 5.73 Å². The summed E-state index contributed by atoms with van der Waals surface area (Å²) in [5, 5.41) is 0. The molecule has 1 atom stereocenters. The van der Waals surface area contributed by atoms with E-state index in [1.165, 1.54) is 25.3 Å². The van der Waals surface area contributed by atoms with E-state index < -0.39 is 0 Å². The molecule has 1 saturated heterocycles. The summed E-state index contributed by atoms with van der Waals surface area (Å²) in [5.74, 6) is 0.659. The zero-order chi connectivity index (χ0) is 13.8. The van der Waals surface area contributed by atoms with Crippen LogP contribution in [0.15, 0.2) is 22.7 Å². The zero-order valence-electron chi connectivity index (χ0n) is 11.4. The fraction of sp³-hybridized carbons (Fsp3) is 0.600. The highest BCUT2D eigenvalue weighted by molar-refractivity contribution is 9.10. The molecule has 2 N–H and O–H groups in total. The second kappa shape index (κ2) is 6.82. The van der Waals surface area contributed by atoms with Crippen LogP contribution in [0.25, 0.3) is 0 Å². The topological polar surface area (TPSA) is 29.3 Å². The van der Waals surface area contributed by atoms with E-state index in [1.807, 2.05) is 12.1 Å². The lowest BCUT2D eigenvalue weighted by Crippen LogP contribution is -2.40. The number of rotatable bonds is 4. The number of hydrogen-bond donors (Lipinski definition) is 1. The predicted octanol–water partition coefficient (Wildman–Crippen LogP) is 3.71. The van der Waals surface area contributed by atoms with E-state index >= 15 is 0 Å². The molecule has 19 heavy (non-hydrogen) atoms. The average Bonchev–Trinajstić information content (AvgIpc) is 2.42. The quantitative estimate of drug-likeness (QED) is 0.912. The van der Waals surface area contributed by atoms with Gasteiger partial charge in [0, 0.05) is 22.6 Å². The van der Waals surface area contributed by atoms with E-state index in [0.717, 1.165) is 29.0 Å². The molecular weight excluding hydrogens is 307 g/mol. The van der Waals surface area contributed by atoms with Crippen molar-refractivity contribution in [2.24, 2.45) is 11.7 Å². The smallest absolute Gasteiger partial charge is 0.129 e. The zero-order valence-corrected chi connectivity index (χ0v) is 13.0. The van der Waals surface area contributed by atoms with Crippen molar-refractivity contribution in [2.75, 3.05) is 19.6 Å². The van der Waals surface area contributed by atoms with Crippen molar-refractivity contribution in [3.8, 4) is 0 Å².